The van der Waals surface area contributed by atoms with E-state index in [2.05, 4.69) is 76.3 Å². The Hall–Kier alpha value is -3.46. The average molecular weight is 335 g/mol. The van der Waals surface area contributed by atoms with Crippen LogP contribution in [0, 0.1) is 0 Å². The Morgan fingerprint density at radius 1 is 0.731 bits per heavy atom. The van der Waals surface area contributed by atoms with Crippen LogP contribution in [0.3, 0.4) is 0 Å². The van der Waals surface area contributed by atoms with E-state index in [0.717, 1.165) is 39.9 Å². The quantitative estimate of drug-likeness (QED) is 0.448. The topological polar surface area (TPSA) is 30.7 Å². The summed E-state index contributed by atoms with van der Waals surface area (Å²) in [4.78, 5) is 9.51. The second-order valence-electron chi connectivity index (χ2n) is 6.38. The summed E-state index contributed by atoms with van der Waals surface area (Å²) in [6.07, 6.45) is 1.83. The summed E-state index contributed by atoms with van der Waals surface area (Å²) < 4.78 is 2.30. The number of fused-ring (bicyclic) bond motifs is 3. The van der Waals surface area contributed by atoms with Crippen molar-refractivity contribution in [3.63, 3.8) is 0 Å². The van der Waals surface area contributed by atoms with Gasteiger partial charge in [-0.25, -0.2) is 4.98 Å². The number of pyridine rings is 1. The molecule has 5 aromatic rings. The first kappa shape index (κ1) is 14.8. The van der Waals surface area contributed by atoms with Crippen LogP contribution in [0.5, 0.6) is 0 Å². The molecule has 124 valence electrons. The van der Waals surface area contributed by atoms with E-state index < -0.39 is 0 Å². The molecule has 3 aromatic carbocycles. The van der Waals surface area contributed by atoms with Gasteiger partial charge in [0.1, 0.15) is 5.82 Å². The molecule has 0 N–H and O–H groups in total. The Kier molecular flexibility index (Phi) is 3.49. The van der Waals surface area contributed by atoms with Gasteiger partial charge in [-0.1, -0.05) is 60.7 Å². The van der Waals surface area contributed by atoms with Gasteiger partial charge in [-0.2, -0.15) is 0 Å². The van der Waals surface area contributed by atoms with Gasteiger partial charge in [0, 0.05) is 23.7 Å². The summed E-state index contributed by atoms with van der Waals surface area (Å²) >= 11 is 0. The summed E-state index contributed by atoms with van der Waals surface area (Å²) in [6, 6.07) is 29.2. The van der Waals surface area contributed by atoms with Gasteiger partial charge in [0.15, 0.2) is 0 Å². The molecular formula is C23H17N3. The molecule has 0 aliphatic rings. The number of benzene rings is 3. The highest BCUT2D eigenvalue weighted by Gasteiger charge is 2.15. The summed E-state index contributed by atoms with van der Waals surface area (Å²) in [6.45, 7) is 0.785. The molecule has 3 nitrogen and oxygen atoms in total. The third-order valence-corrected chi connectivity index (χ3v) is 4.72. The van der Waals surface area contributed by atoms with Crippen LogP contribution in [0.1, 0.15) is 5.56 Å². The van der Waals surface area contributed by atoms with Crippen molar-refractivity contribution in [2.75, 3.05) is 0 Å². The monoisotopic (exact) mass is 335 g/mol. The Morgan fingerprint density at radius 3 is 2.31 bits per heavy atom. The number of hydrogen-bond acceptors (Lipinski definition) is 2. The fourth-order valence-electron chi connectivity index (χ4n) is 3.47. The molecule has 2 heterocycles. The fraction of sp³-hybridized carbons (Fsp3) is 0.0435. The number of rotatable bonds is 3. The van der Waals surface area contributed by atoms with Gasteiger partial charge < -0.3 is 4.57 Å². The summed E-state index contributed by atoms with van der Waals surface area (Å²) in [5.41, 5.74) is 5.49. The Morgan fingerprint density at radius 2 is 1.50 bits per heavy atom. The number of nitrogens with zero attached hydrogens (tertiary/aromatic N) is 3. The molecule has 26 heavy (non-hydrogen) atoms. The fourth-order valence-corrected chi connectivity index (χ4v) is 3.47. The van der Waals surface area contributed by atoms with Crippen LogP contribution in [0.4, 0.5) is 0 Å². The lowest BCUT2D eigenvalue weighted by Crippen LogP contribution is -2.02. The first-order chi connectivity index (χ1) is 12.9. The second kappa shape index (κ2) is 6.12. The van der Waals surface area contributed by atoms with Crippen molar-refractivity contribution in [2.45, 2.75) is 6.54 Å². The number of aromatic nitrogens is 3. The van der Waals surface area contributed by atoms with Crippen molar-refractivity contribution in [1.82, 2.24) is 14.5 Å². The summed E-state index contributed by atoms with van der Waals surface area (Å²) in [5, 5.41) is 1.09. The molecule has 0 bridgehead atoms. The molecule has 5 rings (SSSR count). The highest BCUT2D eigenvalue weighted by Crippen LogP contribution is 2.30. The van der Waals surface area contributed by atoms with Gasteiger partial charge in [-0.15, -0.1) is 0 Å². The predicted octanol–water partition coefficient (Wildman–Crippen LogP) is 5.30. The van der Waals surface area contributed by atoms with E-state index in [1.807, 2.05) is 24.4 Å². The summed E-state index contributed by atoms with van der Waals surface area (Å²) in [7, 11) is 0. The maximum atomic E-state index is 5.03. The van der Waals surface area contributed by atoms with Gasteiger partial charge in [0.05, 0.1) is 16.6 Å². The normalized spacial score (nSPS) is 11.2. The lowest BCUT2D eigenvalue weighted by atomic mass is 10.1. The van der Waals surface area contributed by atoms with Gasteiger partial charge in [0.25, 0.3) is 0 Å². The Balaban J connectivity index is 1.80. The minimum absolute atomic E-state index is 0.785. The predicted molar refractivity (Wildman–Crippen MR) is 106 cm³/mol. The summed E-state index contributed by atoms with van der Waals surface area (Å²) in [5.74, 6) is 0.987. The van der Waals surface area contributed by atoms with Gasteiger partial charge >= 0.3 is 0 Å². The van der Waals surface area contributed by atoms with Crippen molar-refractivity contribution in [2.24, 2.45) is 0 Å². The zero-order valence-corrected chi connectivity index (χ0v) is 14.2. The standard InChI is InChI=1S/C23H17N3/c1-3-8-17(9-4-1)16-26-21-14-13-20-19(12-7-15-24-20)22(21)25-23(26)18-10-5-2-6-11-18/h1-15H,16H2. The van der Waals surface area contributed by atoms with Gasteiger partial charge in [0.2, 0.25) is 0 Å². The SMILES string of the molecule is c1ccc(Cn2c(-c3ccccc3)nc3c4cccnc4ccc32)cc1. The molecule has 0 atom stereocenters. The molecule has 0 spiro atoms. The molecule has 0 aliphatic heterocycles. The Bertz CT molecular complexity index is 1190. The van der Waals surface area contributed by atoms with E-state index in [0.29, 0.717) is 0 Å². The third kappa shape index (κ3) is 2.45. The maximum absolute atomic E-state index is 5.03. The molecule has 0 saturated heterocycles. The zero-order chi connectivity index (χ0) is 17.3. The Labute approximate surface area is 151 Å². The third-order valence-electron chi connectivity index (χ3n) is 4.72. The zero-order valence-electron chi connectivity index (χ0n) is 14.2. The van der Waals surface area contributed by atoms with Crippen LogP contribution in [-0.4, -0.2) is 14.5 Å². The molecule has 0 fully saturated rings. The second-order valence-corrected chi connectivity index (χ2v) is 6.38. The number of hydrogen-bond donors (Lipinski definition) is 0. The van der Waals surface area contributed by atoms with Crippen LogP contribution >= 0.6 is 0 Å². The van der Waals surface area contributed by atoms with Crippen LogP contribution in [-0.2, 0) is 6.54 Å². The highest BCUT2D eigenvalue weighted by atomic mass is 15.1. The first-order valence-corrected chi connectivity index (χ1v) is 8.73. The van der Waals surface area contributed by atoms with Gasteiger partial charge in [-0.05, 0) is 29.8 Å². The van der Waals surface area contributed by atoms with Crippen molar-refractivity contribution >= 4 is 21.9 Å². The smallest absolute Gasteiger partial charge is 0.141 e. The van der Waals surface area contributed by atoms with Crippen LogP contribution in [0.2, 0.25) is 0 Å². The molecule has 0 amide bonds. The molecule has 0 radical (unpaired) electrons. The molecule has 0 saturated carbocycles. The highest BCUT2D eigenvalue weighted by molar-refractivity contribution is 6.03. The number of imidazole rings is 1. The van der Waals surface area contributed by atoms with Crippen molar-refractivity contribution in [3.05, 3.63) is 96.7 Å². The average Bonchev–Trinajstić information content (AvgIpc) is 3.08. The minimum atomic E-state index is 0.785. The van der Waals surface area contributed by atoms with E-state index in [1.54, 1.807) is 0 Å². The van der Waals surface area contributed by atoms with Gasteiger partial charge in [-0.3, -0.25) is 4.98 Å². The van der Waals surface area contributed by atoms with Crippen LogP contribution in [0.25, 0.3) is 33.3 Å². The first-order valence-electron chi connectivity index (χ1n) is 8.73. The van der Waals surface area contributed by atoms with Crippen molar-refractivity contribution < 1.29 is 0 Å². The molecule has 0 unspecified atom stereocenters. The molecular weight excluding hydrogens is 318 g/mol. The van der Waals surface area contributed by atoms with Crippen LogP contribution in [0.15, 0.2) is 91.1 Å². The van der Waals surface area contributed by atoms with E-state index in [1.165, 1.54) is 5.56 Å². The van der Waals surface area contributed by atoms with E-state index in [-0.39, 0.29) is 0 Å². The largest absolute Gasteiger partial charge is 0.319 e. The van der Waals surface area contributed by atoms with E-state index in [4.69, 9.17) is 4.98 Å². The lowest BCUT2D eigenvalue weighted by Gasteiger charge is -2.10. The van der Waals surface area contributed by atoms with Crippen molar-refractivity contribution in [3.8, 4) is 11.4 Å². The van der Waals surface area contributed by atoms with Crippen LogP contribution < -0.4 is 0 Å². The van der Waals surface area contributed by atoms with Crippen molar-refractivity contribution in [1.29, 1.82) is 0 Å². The minimum Gasteiger partial charge on any atom is -0.319 e. The lowest BCUT2D eigenvalue weighted by molar-refractivity contribution is 0.834. The van der Waals surface area contributed by atoms with E-state index >= 15 is 0 Å². The molecule has 2 aromatic heterocycles. The molecule has 3 heteroatoms. The van der Waals surface area contributed by atoms with E-state index in [9.17, 15) is 0 Å². The molecule has 0 aliphatic carbocycles. The maximum Gasteiger partial charge on any atom is 0.141 e.